The van der Waals surface area contributed by atoms with E-state index in [1.165, 1.54) is 0 Å². The molecule has 5 heteroatoms. The second-order valence-corrected chi connectivity index (χ2v) is 5.29. The van der Waals surface area contributed by atoms with Crippen LogP contribution < -0.4 is 4.74 Å². The molecule has 0 spiro atoms. The van der Waals surface area contributed by atoms with Crippen molar-refractivity contribution in [2.45, 2.75) is 38.8 Å². The number of piperidine rings is 1. The van der Waals surface area contributed by atoms with Crippen molar-refractivity contribution in [3.8, 4) is 5.88 Å². The molecular formula is C15H22N2O3. The average Bonchev–Trinajstić information content (AvgIpc) is 2.47. The van der Waals surface area contributed by atoms with Crippen LogP contribution in [0.2, 0.25) is 0 Å². The molecule has 0 aliphatic carbocycles. The molecule has 2 atom stereocenters. The number of hydrogen-bond donors (Lipinski definition) is 1. The van der Waals surface area contributed by atoms with E-state index in [4.69, 9.17) is 4.74 Å². The van der Waals surface area contributed by atoms with Crippen LogP contribution in [0.25, 0.3) is 0 Å². The standard InChI is InChI=1S/C15H22N2O3/c1-3-11-7-8-17(13(9-11)15(18)19)10-12-5-4-6-14(16-12)20-2/h4-6,11,13H,3,7-10H2,1-2H3,(H,18,19). The topological polar surface area (TPSA) is 62.7 Å². The second kappa shape index (κ2) is 6.70. The first kappa shape index (κ1) is 14.8. The normalized spacial score (nSPS) is 23.5. The number of likely N-dealkylation sites (tertiary alicyclic amines) is 1. The fraction of sp³-hybridized carbons (Fsp3) is 0.600. The summed E-state index contributed by atoms with van der Waals surface area (Å²) in [6.45, 7) is 3.50. The molecule has 2 rings (SSSR count). The zero-order valence-corrected chi connectivity index (χ0v) is 12.1. The highest BCUT2D eigenvalue weighted by molar-refractivity contribution is 5.73. The minimum Gasteiger partial charge on any atom is -0.481 e. The molecule has 110 valence electrons. The van der Waals surface area contributed by atoms with E-state index in [1.54, 1.807) is 13.2 Å². The van der Waals surface area contributed by atoms with Crippen molar-refractivity contribution in [3.63, 3.8) is 0 Å². The largest absolute Gasteiger partial charge is 0.481 e. The van der Waals surface area contributed by atoms with Gasteiger partial charge in [-0.25, -0.2) is 4.98 Å². The van der Waals surface area contributed by atoms with Gasteiger partial charge in [0, 0.05) is 12.6 Å². The van der Waals surface area contributed by atoms with Crippen LogP contribution >= 0.6 is 0 Å². The number of rotatable bonds is 5. The van der Waals surface area contributed by atoms with Crippen LogP contribution in [0.4, 0.5) is 0 Å². The summed E-state index contributed by atoms with van der Waals surface area (Å²) in [5, 5.41) is 9.41. The quantitative estimate of drug-likeness (QED) is 0.894. The molecule has 1 saturated heterocycles. The van der Waals surface area contributed by atoms with Crippen molar-refractivity contribution < 1.29 is 14.6 Å². The van der Waals surface area contributed by atoms with Gasteiger partial charge < -0.3 is 9.84 Å². The number of nitrogens with zero attached hydrogens (tertiary/aromatic N) is 2. The third kappa shape index (κ3) is 3.48. The summed E-state index contributed by atoms with van der Waals surface area (Å²) in [6, 6.07) is 5.19. The molecule has 1 aromatic heterocycles. The van der Waals surface area contributed by atoms with E-state index in [1.807, 2.05) is 17.0 Å². The average molecular weight is 278 g/mol. The number of methoxy groups -OCH3 is 1. The molecular weight excluding hydrogens is 256 g/mol. The minimum atomic E-state index is -0.731. The number of carbonyl (C=O) groups is 1. The van der Waals surface area contributed by atoms with Crippen molar-refractivity contribution in [1.29, 1.82) is 0 Å². The lowest BCUT2D eigenvalue weighted by molar-refractivity contribution is -0.145. The number of ether oxygens (including phenoxy) is 1. The van der Waals surface area contributed by atoms with Crippen LogP contribution in [0.15, 0.2) is 18.2 Å². The van der Waals surface area contributed by atoms with E-state index >= 15 is 0 Å². The predicted octanol–water partition coefficient (Wildman–Crippen LogP) is 2.17. The summed E-state index contributed by atoms with van der Waals surface area (Å²) in [5.74, 6) is 0.356. The first-order chi connectivity index (χ1) is 9.63. The smallest absolute Gasteiger partial charge is 0.320 e. The lowest BCUT2D eigenvalue weighted by Crippen LogP contribution is -2.46. The number of aliphatic carboxylic acids is 1. The van der Waals surface area contributed by atoms with E-state index in [0.717, 1.165) is 31.5 Å². The molecule has 0 bridgehead atoms. The number of hydrogen-bond acceptors (Lipinski definition) is 4. The van der Waals surface area contributed by atoms with E-state index in [2.05, 4.69) is 11.9 Å². The van der Waals surface area contributed by atoms with Gasteiger partial charge in [0.2, 0.25) is 5.88 Å². The van der Waals surface area contributed by atoms with Gasteiger partial charge in [-0.05, 0) is 31.4 Å². The molecule has 1 aromatic rings. The maximum absolute atomic E-state index is 11.5. The van der Waals surface area contributed by atoms with E-state index in [0.29, 0.717) is 18.3 Å². The Balaban J connectivity index is 2.08. The number of aromatic nitrogens is 1. The molecule has 5 nitrogen and oxygen atoms in total. The van der Waals surface area contributed by atoms with Gasteiger partial charge in [-0.3, -0.25) is 9.69 Å². The Morgan fingerprint density at radius 3 is 3.00 bits per heavy atom. The van der Waals surface area contributed by atoms with E-state index in [-0.39, 0.29) is 0 Å². The first-order valence-electron chi connectivity index (χ1n) is 7.10. The van der Waals surface area contributed by atoms with Crippen LogP contribution in [0.3, 0.4) is 0 Å². The summed E-state index contributed by atoms with van der Waals surface area (Å²) in [5.41, 5.74) is 0.852. The molecule has 1 aliphatic rings. The fourth-order valence-corrected chi connectivity index (χ4v) is 2.77. The highest BCUT2D eigenvalue weighted by atomic mass is 16.5. The maximum Gasteiger partial charge on any atom is 0.320 e. The molecule has 20 heavy (non-hydrogen) atoms. The second-order valence-electron chi connectivity index (χ2n) is 5.29. The Labute approximate surface area is 119 Å². The first-order valence-corrected chi connectivity index (χ1v) is 7.10. The number of carboxylic acid groups (broad SMARTS) is 1. The molecule has 1 aliphatic heterocycles. The molecule has 2 unspecified atom stereocenters. The van der Waals surface area contributed by atoms with Crippen LogP contribution in [0.5, 0.6) is 5.88 Å². The Hall–Kier alpha value is -1.62. The zero-order chi connectivity index (χ0) is 14.5. The molecule has 0 aromatic carbocycles. The third-order valence-corrected chi connectivity index (χ3v) is 4.04. The predicted molar refractivity (Wildman–Crippen MR) is 75.6 cm³/mol. The number of carboxylic acids is 1. The Kier molecular flexibility index (Phi) is 4.95. The Bertz CT molecular complexity index is 464. The molecule has 1 fully saturated rings. The lowest BCUT2D eigenvalue weighted by Gasteiger charge is -2.36. The lowest BCUT2D eigenvalue weighted by atomic mass is 9.89. The van der Waals surface area contributed by atoms with Gasteiger partial charge in [-0.15, -0.1) is 0 Å². The highest BCUT2D eigenvalue weighted by Gasteiger charge is 2.32. The van der Waals surface area contributed by atoms with Crippen molar-refractivity contribution in [3.05, 3.63) is 23.9 Å². The molecule has 2 heterocycles. The van der Waals surface area contributed by atoms with E-state index < -0.39 is 12.0 Å². The van der Waals surface area contributed by atoms with Gasteiger partial charge >= 0.3 is 5.97 Å². The summed E-state index contributed by atoms with van der Waals surface area (Å²) >= 11 is 0. The summed E-state index contributed by atoms with van der Waals surface area (Å²) < 4.78 is 5.11. The van der Waals surface area contributed by atoms with Crippen LogP contribution in [0.1, 0.15) is 31.9 Å². The third-order valence-electron chi connectivity index (χ3n) is 4.04. The maximum atomic E-state index is 11.5. The Morgan fingerprint density at radius 1 is 1.55 bits per heavy atom. The van der Waals surface area contributed by atoms with Crippen molar-refractivity contribution in [2.24, 2.45) is 5.92 Å². The van der Waals surface area contributed by atoms with Crippen molar-refractivity contribution in [2.75, 3.05) is 13.7 Å². The van der Waals surface area contributed by atoms with Gasteiger partial charge in [-0.2, -0.15) is 0 Å². The molecule has 0 amide bonds. The van der Waals surface area contributed by atoms with Crippen LogP contribution in [-0.4, -0.2) is 40.7 Å². The van der Waals surface area contributed by atoms with E-state index in [9.17, 15) is 9.90 Å². The fourth-order valence-electron chi connectivity index (χ4n) is 2.77. The monoisotopic (exact) mass is 278 g/mol. The summed E-state index contributed by atoms with van der Waals surface area (Å²) in [6.07, 6.45) is 2.84. The molecule has 0 saturated carbocycles. The van der Waals surface area contributed by atoms with Crippen molar-refractivity contribution in [1.82, 2.24) is 9.88 Å². The number of pyridine rings is 1. The summed E-state index contributed by atoms with van der Waals surface area (Å²) in [7, 11) is 1.58. The van der Waals surface area contributed by atoms with Crippen LogP contribution in [-0.2, 0) is 11.3 Å². The van der Waals surface area contributed by atoms with Crippen molar-refractivity contribution >= 4 is 5.97 Å². The summed E-state index contributed by atoms with van der Waals surface area (Å²) in [4.78, 5) is 17.8. The highest BCUT2D eigenvalue weighted by Crippen LogP contribution is 2.26. The minimum absolute atomic E-state index is 0.401. The van der Waals surface area contributed by atoms with Gasteiger partial charge in [-0.1, -0.05) is 19.4 Å². The van der Waals surface area contributed by atoms with Gasteiger partial charge in [0.15, 0.2) is 0 Å². The molecule has 1 N–H and O–H groups in total. The van der Waals surface area contributed by atoms with Gasteiger partial charge in [0.05, 0.1) is 12.8 Å². The SMILES string of the molecule is CCC1CCN(Cc2cccc(OC)n2)C(C(=O)O)C1. The van der Waals surface area contributed by atoms with Gasteiger partial charge in [0.1, 0.15) is 6.04 Å². The van der Waals surface area contributed by atoms with Gasteiger partial charge in [0.25, 0.3) is 0 Å². The zero-order valence-electron chi connectivity index (χ0n) is 12.1. The van der Waals surface area contributed by atoms with Crippen LogP contribution in [0, 0.1) is 5.92 Å². The molecule has 0 radical (unpaired) electrons. The Morgan fingerprint density at radius 2 is 2.35 bits per heavy atom.